The Labute approximate surface area is 110 Å². The number of carbonyl (C=O) groups excluding carboxylic acids is 2. The third kappa shape index (κ3) is 5.81. The Morgan fingerprint density at radius 1 is 1.50 bits per heavy atom. The Kier molecular flexibility index (Phi) is 6.60. The summed E-state index contributed by atoms with van der Waals surface area (Å²) in [6.07, 6.45) is 6.12. The van der Waals surface area contributed by atoms with Crippen molar-refractivity contribution in [3.63, 3.8) is 0 Å². The topological polar surface area (TPSA) is 47.7 Å². The predicted molar refractivity (Wildman–Crippen MR) is 71.0 cm³/mol. The van der Waals surface area contributed by atoms with E-state index in [4.69, 9.17) is 20.6 Å². The molecule has 0 aromatic heterocycles. The van der Waals surface area contributed by atoms with Crippen molar-refractivity contribution >= 4 is 14.5 Å². The first-order valence-corrected chi connectivity index (χ1v) is 9.49. The molecule has 1 rings (SSSR count). The fourth-order valence-electron chi connectivity index (χ4n) is 1.85. The highest BCUT2D eigenvalue weighted by molar-refractivity contribution is 6.70. The highest BCUT2D eigenvalue weighted by Gasteiger charge is 2.37. The lowest BCUT2D eigenvalue weighted by Gasteiger charge is -2.28. The van der Waals surface area contributed by atoms with Gasteiger partial charge in [-0.1, -0.05) is 6.92 Å². The molecule has 0 heterocycles. The zero-order valence-electron chi connectivity index (χ0n) is 11.6. The number of allylic oxidation sites excluding steroid dienone is 1. The molecule has 0 aromatic carbocycles. The Balaban J connectivity index is 0.000000873. The maximum Gasteiger partial charge on any atom is 0.373 e. The van der Waals surface area contributed by atoms with Crippen LogP contribution in [0.4, 0.5) is 0 Å². The van der Waals surface area contributed by atoms with E-state index in [9.17, 15) is 0 Å². The summed E-state index contributed by atoms with van der Waals surface area (Å²) >= 11 is 0. The quantitative estimate of drug-likeness (QED) is 0.581. The molecule has 0 spiro atoms. The third-order valence-electron chi connectivity index (χ3n) is 2.88. The molecule has 1 atom stereocenters. The van der Waals surface area contributed by atoms with Gasteiger partial charge in [-0.15, -0.1) is 0 Å². The maximum absolute atomic E-state index is 8.12. The number of hydrogen-bond donors (Lipinski definition) is 0. The zero-order chi connectivity index (χ0) is 14.2. The fourth-order valence-corrected chi connectivity index (χ4v) is 2.82. The van der Waals surface area contributed by atoms with E-state index in [0.29, 0.717) is 0 Å². The summed E-state index contributed by atoms with van der Waals surface area (Å²) in [6, 6.07) is 0. The minimum Gasteiger partial charge on any atom is -0.548 e. The van der Waals surface area contributed by atoms with E-state index in [0.717, 1.165) is 31.4 Å². The first-order chi connectivity index (χ1) is 8.32. The van der Waals surface area contributed by atoms with E-state index in [1.54, 1.807) is 0 Å². The van der Waals surface area contributed by atoms with Gasteiger partial charge in [-0.2, -0.15) is 9.59 Å². The standard InChI is InChI=1S/C12H21NOSi.CO2/c1-6-12(13-2)9-7-11(8-10-12)14-15(3,4)5;2-1-3/h7H,6,8-10H2,1,3-5H3;. The van der Waals surface area contributed by atoms with Crippen LogP contribution in [-0.2, 0) is 14.0 Å². The molecule has 0 saturated heterocycles. The van der Waals surface area contributed by atoms with Crippen molar-refractivity contribution in [2.24, 2.45) is 0 Å². The Morgan fingerprint density at radius 2 is 2.06 bits per heavy atom. The van der Waals surface area contributed by atoms with Gasteiger partial charge in [0.25, 0.3) is 0 Å². The minimum absolute atomic E-state index is 0.133. The van der Waals surface area contributed by atoms with Crippen LogP contribution in [0.15, 0.2) is 11.8 Å². The van der Waals surface area contributed by atoms with Crippen molar-refractivity contribution in [2.45, 2.75) is 57.8 Å². The number of rotatable bonds is 3. The largest absolute Gasteiger partial charge is 0.548 e. The smallest absolute Gasteiger partial charge is 0.373 e. The van der Waals surface area contributed by atoms with Crippen molar-refractivity contribution in [3.05, 3.63) is 23.3 Å². The molecule has 1 aliphatic carbocycles. The molecule has 4 nitrogen and oxygen atoms in total. The number of hydrogen-bond acceptors (Lipinski definition) is 3. The van der Waals surface area contributed by atoms with Crippen LogP contribution >= 0.6 is 0 Å². The molecule has 0 aliphatic heterocycles. The summed E-state index contributed by atoms with van der Waals surface area (Å²) in [5.74, 6) is 1.13. The molecular formula is C13H21NO3Si. The molecule has 1 aliphatic rings. The van der Waals surface area contributed by atoms with E-state index in [2.05, 4.69) is 37.5 Å². The molecule has 0 N–H and O–H groups in total. The van der Waals surface area contributed by atoms with Gasteiger partial charge >= 0.3 is 6.15 Å². The van der Waals surface area contributed by atoms with Crippen LogP contribution in [0.2, 0.25) is 19.6 Å². The second kappa shape index (κ2) is 7.15. The van der Waals surface area contributed by atoms with E-state index in [-0.39, 0.29) is 11.7 Å². The molecule has 0 bridgehead atoms. The van der Waals surface area contributed by atoms with Crippen molar-refractivity contribution in [1.29, 1.82) is 0 Å². The van der Waals surface area contributed by atoms with E-state index >= 15 is 0 Å². The van der Waals surface area contributed by atoms with Gasteiger partial charge in [-0.25, -0.2) is 6.57 Å². The van der Waals surface area contributed by atoms with Crippen LogP contribution < -0.4 is 0 Å². The first kappa shape index (κ1) is 16.6. The predicted octanol–water partition coefficient (Wildman–Crippen LogP) is 3.39. The van der Waals surface area contributed by atoms with E-state index in [1.165, 1.54) is 0 Å². The normalized spacial score (nSPS) is 22.7. The molecule has 100 valence electrons. The molecule has 1 unspecified atom stereocenters. The summed E-state index contributed by atoms with van der Waals surface area (Å²) in [5.41, 5.74) is -0.133. The summed E-state index contributed by atoms with van der Waals surface area (Å²) in [4.78, 5) is 20.0. The maximum atomic E-state index is 8.12. The second-order valence-electron chi connectivity index (χ2n) is 5.36. The van der Waals surface area contributed by atoms with Gasteiger partial charge in [-0.3, -0.25) is 0 Å². The van der Waals surface area contributed by atoms with Crippen LogP contribution in [0.5, 0.6) is 0 Å². The lowest BCUT2D eigenvalue weighted by atomic mass is 9.83. The van der Waals surface area contributed by atoms with Crippen LogP contribution in [0, 0.1) is 6.57 Å². The molecule has 0 amide bonds. The average molecular weight is 267 g/mol. The van der Waals surface area contributed by atoms with Crippen molar-refractivity contribution < 1.29 is 14.0 Å². The zero-order valence-corrected chi connectivity index (χ0v) is 12.6. The monoisotopic (exact) mass is 267 g/mol. The van der Waals surface area contributed by atoms with Crippen molar-refractivity contribution in [1.82, 2.24) is 0 Å². The summed E-state index contributed by atoms with van der Waals surface area (Å²) in [5, 5.41) is 0. The second-order valence-corrected chi connectivity index (χ2v) is 9.79. The lowest BCUT2D eigenvalue weighted by Crippen LogP contribution is -2.30. The first-order valence-electron chi connectivity index (χ1n) is 6.08. The Hall–Kier alpha value is -1.37. The average Bonchev–Trinajstić information content (AvgIpc) is 2.30. The third-order valence-corrected chi connectivity index (χ3v) is 3.75. The highest BCUT2D eigenvalue weighted by Crippen LogP contribution is 2.34. The molecule has 0 aromatic rings. The van der Waals surface area contributed by atoms with E-state index < -0.39 is 8.32 Å². The Bertz CT molecular complexity index is 373. The molecule has 5 heteroatoms. The fraction of sp³-hybridized carbons (Fsp3) is 0.692. The van der Waals surface area contributed by atoms with Crippen molar-refractivity contribution in [2.75, 3.05) is 0 Å². The van der Waals surface area contributed by atoms with Crippen molar-refractivity contribution in [3.8, 4) is 0 Å². The summed E-state index contributed by atoms with van der Waals surface area (Å²) in [7, 11) is -1.46. The highest BCUT2D eigenvalue weighted by atomic mass is 28.4. The molecule has 0 fully saturated rings. The van der Waals surface area contributed by atoms with E-state index in [1.807, 2.05) is 0 Å². The Morgan fingerprint density at radius 3 is 2.33 bits per heavy atom. The SMILES string of the molecule is O=C=O.[C-]#[N+]C1(CC)CC=C(O[Si](C)(C)C)CC1. The molecule has 0 radical (unpaired) electrons. The number of nitrogens with zero attached hydrogens (tertiary/aromatic N) is 1. The lowest BCUT2D eigenvalue weighted by molar-refractivity contribution is -0.191. The van der Waals surface area contributed by atoms with Gasteiger partial charge < -0.3 is 9.27 Å². The van der Waals surface area contributed by atoms with Gasteiger partial charge in [0, 0.05) is 25.7 Å². The van der Waals surface area contributed by atoms with Gasteiger partial charge in [0.2, 0.25) is 13.9 Å². The van der Waals surface area contributed by atoms with Gasteiger partial charge in [0.15, 0.2) is 0 Å². The van der Waals surface area contributed by atoms with Gasteiger partial charge in [0.05, 0.1) is 5.76 Å². The molecule has 18 heavy (non-hydrogen) atoms. The molecular weight excluding hydrogens is 246 g/mol. The van der Waals surface area contributed by atoms with Gasteiger partial charge in [0.1, 0.15) is 0 Å². The van der Waals surface area contributed by atoms with Crippen LogP contribution in [0.1, 0.15) is 32.6 Å². The summed E-state index contributed by atoms with van der Waals surface area (Å²) < 4.78 is 5.96. The summed E-state index contributed by atoms with van der Waals surface area (Å²) in [6.45, 7) is 16.0. The van der Waals surface area contributed by atoms with Crippen LogP contribution in [0.3, 0.4) is 0 Å². The molecule has 0 saturated carbocycles. The van der Waals surface area contributed by atoms with Gasteiger partial charge in [-0.05, 0) is 25.7 Å². The minimum atomic E-state index is -1.46. The van der Waals surface area contributed by atoms with Crippen LogP contribution in [0.25, 0.3) is 4.85 Å². The van der Waals surface area contributed by atoms with Crippen LogP contribution in [-0.4, -0.2) is 20.0 Å².